The number of aliphatic hydroxyl groups is 1. The van der Waals surface area contributed by atoms with Gasteiger partial charge in [0.05, 0.1) is 12.1 Å². The molecular formula is C16H31N3O2. The molecule has 0 aromatic rings. The van der Waals surface area contributed by atoms with Crippen molar-refractivity contribution >= 4 is 5.91 Å². The van der Waals surface area contributed by atoms with Crippen LogP contribution in [0.15, 0.2) is 0 Å². The third-order valence-electron chi connectivity index (χ3n) is 4.78. The number of carbonyl (C=O) groups is 1. The largest absolute Gasteiger partial charge is 0.390 e. The van der Waals surface area contributed by atoms with Crippen LogP contribution in [0.3, 0.4) is 0 Å². The van der Waals surface area contributed by atoms with Crippen molar-refractivity contribution < 1.29 is 9.90 Å². The van der Waals surface area contributed by atoms with Crippen LogP contribution >= 0.6 is 0 Å². The lowest BCUT2D eigenvalue weighted by molar-refractivity contribution is -0.131. The number of aliphatic hydroxyl groups excluding tert-OH is 1. The van der Waals surface area contributed by atoms with Crippen LogP contribution in [0.5, 0.6) is 0 Å². The van der Waals surface area contributed by atoms with Crippen LogP contribution in [-0.4, -0.2) is 72.2 Å². The lowest BCUT2D eigenvalue weighted by atomic mass is 9.98. The van der Waals surface area contributed by atoms with Gasteiger partial charge in [0.25, 0.3) is 0 Å². The molecule has 0 aromatic carbocycles. The van der Waals surface area contributed by atoms with E-state index in [1.165, 1.54) is 12.8 Å². The molecule has 2 N–H and O–H groups in total. The molecule has 2 heterocycles. The molecule has 0 radical (unpaired) electrons. The minimum absolute atomic E-state index is 0.102. The fourth-order valence-electron chi connectivity index (χ4n) is 3.53. The van der Waals surface area contributed by atoms with Crippen LogP contribution in [-0.2, 0) is 4.79 Å². The summed E-state index contributed by atoms with van der Waals surface area (Å²) in [4.78, 5) is 16.5. The number of nitrogens with zero attached hydrogens (tertiary/aromatic N) is 2. The quantitative estimate of drug-likeness (QED) is 0.777. The van der Waals surface area contributed by atoms with Crippen molar-refractivity contribution in [3.8, 4) is 0 Å². The molecule has 2 saturated heterocycles. The first kappa shape index (κ1) is 16.7. The van der Waals surface area contributed by atoms with E-state index in [1.807, 2.05) is 0 Å². The molecule has 0 saturated carbocycles. The van der Waals surface area contributed by atoms with E-state index in [9.17, 15) is 9.90 Å². The predicted octanol–water partition coefficient (Wildman–Crippen LogP) is 0.536. The van der Waals surface area contributed by atoms with E-state index in [0.29, 0.717) is 13.1 Å². The first-order chi connectivity index (χ1) is 9.97. The van der Waals surface area contributed by atoms with E-state index in [0.717, 1.165) is 32.1 Å². The summed E-state index contributed by atoms with van der Waals surface area (Å²) in [5.74, 6) is 1.19. The van der Waals surface area contributed by atoms with Gasteiger partial charge in [-0.15, -0.1) is 0 Å². The summed E-state index contributed by atoms with van der Waals surface area (Å²) < 4.78 is 0. The number of β-amino-alcohol motifs (C(OH)–C–C–N with tert-alkyl or cyclic N) is 1. The Morgan fingerprint density at radius 3 is 2.52 bits per heavy atom. The molecule has 122 valence electrons. The summed E-state index contributed by atoms with van der Waals surface area (Å²) in [6, 6.07) is -0.102. The maximum Gasteiger partial charge on any atom is 0.237 e. The van der Waals surface area contributed by atoms with Crippen molar-refractivity contribution in [2.45, 2.75) is 45.8 Å². The Morgan fingerprint density at radius 2 is 1.90 bits per heavy atom. The highest BCUT2D eigenvalue weighted by Crippen LogP contribution is 2.17. The van der Waals surface area contributed by atoms with Gasteiger partial charge in [0.15, 0.2) is 0 Å². The molecule has 0 aromatic heterocycles. The van der Waals surface area contributed by atoms with E-state index in [-0.39, 0.29) is 24.0 Å². The van der Waals surface area contributed by atoms with Crippen molar-refractivity contribution in [3.63, 3.8) is 0 Å². The maximum atomic E-state index is 12.0. The van der Waals surface area contributed by atoms with Gasteiger partial charge >= 0.3 is 0 Å². The Labute approximate surface area is 128 Å². The lowest BCUT2D eigenvalue weighted by Gasteiger charge is -2.39. The molecule has 21 heavy (non-hydrogen) atoms. The second-order valence-corrected chi connectivity index (χ2v) is 7.11. The van der Waals surface area contributed by atoms with E-state index in [2.05, 4.69) is 35.9 Å². The number of carbonyl (C=O) groups excluding carboxylic acids is 1. The van der Waals surface area contributed by atoms with Gasteiger partial charge in [-0.25, -0.2) is 0 Å². The summed E-state index contributed by atoms with van der Waals surface area (Å²) in [6.07, 6.45) is 2.09. The first-order valence-corrected chi connectivity index (χ1v) is 8.39. The molecule has 5 nitrogen and oxygen atoms in total. The van der Waals surface area contributed by atoms with E-state index >= 15 is 0 Å². The predicted molar refractivity (Wildman–Crippen MR) is 84.1 cm³/mol. The smallest absolute Gasteiger partial charge is 0.237 e. The molecule has 2 unspecified atom stereocenters. The minimum Gasteiger partial charge on any atom is -0.390 e. The van der Waals surface area contributed by atoms with Crippen LogP contribution in [0.2, 0.25) is 0 Å². The Balaban J connectivity index is 1.83. The third kappa shape index (κ3) is 4.66. The van der Waals surface area contributed by atoms with E-state index in [1.54, 1.807) is 0 Å². The van der Waals surface area contributed by atoms with Gasteiger partial charge in [0, 0.05) is 26.2 Å². The fourth-order valence-corrected chi connectivity index (χ4v) is 3.53. The van der Waals surface area contributed by atoms with Crippen molar-refractivity contribution in [2.24, 2.45) is 11.8 Å². The molecule has 2 rings (SSSR count). The van der Waals surface area contributed by atoms with Crippen molar-refractivity contribution in [3.05, 3.63) is 0 Å². The fraction of sp³-hybridized carbons (Fsp3) is 0.938. The topological polar surface area (TPSA) is 55.8 Å². The highest BCUT2D eigenvalue weighted by molar-refractivity contribution is 5.82. The zero-order valence-electron chi connectivity index (χ0n) is 13.7. The highest BCUT2D eigenvalue weighted by Gasteiger charge is 2.33. The van der Waals surface area contributed by atoms with Crippen molar-refractivity contribution in [2.75, 3.05) is 39.3 Å². The Morgan fingerprint density at radius 1 is 1.24 bits per heavy atom. The standard InChI is InChI=1S/C16H31N3O2/c1-12(2)15-16(21)17-6-9-19(15)11-14(20)10-18-7-4-13(3)5-8-18/h12-15,20H,4-11H2,1-3H3,(H,17,21). The van der Waals surface area contributed by atoms with Gasteiger partial charge in [0.2, 0.25) is 5.91 Å². The summed E-state index contributed by atoms with van der Waals surface area (Å²) in [5, 5.41) is 13.3. The Bertz CT molecular complexity index is 340. The molecule has 0 bridgehead atoms. The van der Waals surface area contributed by atoms with Crippen LogP contribution in [0.1, 0.15) is 33.6 Å². The number of hydrogen-bond acceptors (Lipinski definition) is 4. The van der Waals surface area contributed by atoms with Gasteiger partial charge in [0.1, 0.15) is 0 Å². The van der Waals surface area contributed by atoms with E-state index < -0.39 is 0 Å². The summed E-state index contributed by atoms with van der Waals surface area (Å²) >= 11 is 0. The van der Waals surface area contributed by atoms with Gasteiger partial charge in [-0.3, -0.25) is 9.69 Å². The lowest BCUT2D eigenvalue weighted by Crippen LogP contribution is -2.59. The molecule has 2 aliphatic rings. The number of rotatable bonds is 5. The molecule has 2 atom stereocenters. The first-order valence-electron chi connectivity index (χ1n) is 8.39. The number of piperazine rings is 1. The van der Waals surface area contributed by atoms with Crippen LogP contribution in [0.25, 0.3) is 0 Å². The minimum atomic E-state index is -0.370. The zero-order valence-corrected chi connectivity index (χ0v) is 13.7. The second-order valence-electron chi connectivity index (χ2n) is 7.11. The average Bonchev–Trinajstić information content (AvgIpc) is 2.41. The third-order valence-corrected chi connectivity index (χ3v) is 4.78. The number of likely N-dealkylation sites (tertiary alicyclic amines) is 1. The monoisotopic (exact) mass is 297 g/mol. The zero-order chi connectivity index (χ0) is 15.4. The van der Waals surface area contributed by atoms with Gasteiger partial charge in [-0.05, 0) is 37.8 Å². The maximum absolute atomic E-state index is 12.0. The SMILES string of the molecule is CC1CCN(CC(O)CN2CCNC(=O)C2C(C)C)CC1. The molecular weight excluding hydrogens is 266 g/mol. The van der Waals surface area contributed by atoms with Crippen LogP contribution in [0, 0.1) is 11.8 Å². The van der Waals surface area contributed by atoms with E-state index in [4.69, 9.17) is 0 Å². The van der Waals surface area contributed by atoms with Crippen LogP contribution < -0.4 is 5.32 Å². The van der Waals surface area contributed by atoms with Crippen molar-refractivity contribution in [1.82, 2.24) is 15.1 Å². The van der Waals surface area contributed by atoms with Gasteiger partial charge < -0.3 is 15.3 Å². The Hall–Kier alpha value is -0.650. The summed E-state index contributed by atoms with van der Waals surface area (Å²) in [7, 11) is 0. The summed E-state index contributed by atoms with van der Waals surface area (Å²) in [5.41, 5.74) is 0. The molecule has 2 fully saturated rings. The molecule has 5 heteroatoms. The number of hydrogen-bond donors (Lipinski definition) is 2. The van der Waals surface area contributed by atoms with Gasteiger partial charge in [-0.2, -0.15) is 0 Å². The molecule has 0 spiro atoms. The number of piperidine rings is 1. The molecule has 1 amide bonds. The average molecular weight is 297 g/mol. The van der Waals surface area contributed by atoms with Crippen LogP contribution in [0.4, 0.5) is 0 Å². The normalized spacial score (nSPS) is 27.9. The second kappa shape index (κ2) is 7.56. The Kier molecular flexibility index (Phi) is 6.02. The highest BCUT2D eigenvalue weighted by atomic mass is 16.3. The summed E-state index contributed by atoms with van der Waals surface area (Å²) in [6.45, 7) is 11.5. The molecule has 2 aliphatic heterocycles. The van der Waals surface area contributed by atoms with Gasteiger partial charge in [-0.1, -0.05) is 20.8 Å². The number of amides is 1. The number of nitrogens with one attached hydrogen (secondary N) is 1. The van der Waals surface area contributed by atoms with Crippen molar-refractivity contribution in [1.29, 1.82) is 0 Å². The molecule has 0 aliphatic carbocycles.